The number of aryl methyl sites for hydroxylation is 1. The molecule has 4 N–H and O–H groups in total. The zero-order chi connectivity index (χ0) is 21.8. The molecule has 0 spiro atoms. The Morgan fingerprint density at radius 3 is 2.90 bits per heavy atom. The fourth-order valence-corrected chi connectivity index (χ4v) is 4.69. The molecule has 1 aliphatic carbocycles. The van der Waals surface area contributed by atoms with Crippen molar-refractivity contribution >= 4 is 22.4 Å². The predicted molar refractivity (Wildman–Crippen MR) is 122 cm³/mol. The maximum Gasteiger partial charge on any atom is 0.267 e. The number of aromatic nitrogens is 1. The lowest BCUT2D eigenvalue weighted by Crippen LogP contribution is -2.32. The van der Waals surface area contributed by atoms with Crippen molar-refractivity contribution < 1.29 is 15.1 Å². The van der Waals surface area contributed by atoms with E-state index in [1.165, 1.54) is 28.2 Å². The van der Waals surface area contributed by atoms with E-state index < -0.39 is 5.91 Å². The molecule has 1 atom stereocenters. The Labute approximate surface area is 182 Å². The van der Waals surface area contributed by atoms with Gasteiger partial charge in [0.2, 0.25) is 0 Å². The van der Waals surface area contributed by atoms with Crippen LogP contribution in [0.25, 0.3) is 16.5 Å². The number of carbonyl (C=O) groups excluding carboxylic acids is 1. The van der Waals surface area contributed by atoms with Crippen LogP contribution in [0.2, 0.25) is 0 Å². The number of hydrogen-bond donors (Lipinski definition) is 4. The highest BCUT2D eigenvalue weighted by Crippen LogP contribution is 2.37. The number of aromatic amines is 1. The van der Waals surface area contributed by atoms with Crippen molar-refractivity contribution in [3.05, 3.63) is 77.0 Å². The highest BCUT2D eigenvalue weighted by atomic mass is 16.5. The van der Waals surface area contributed by atoms with Crippen LogP contribution in [0.1, 0.15) is 41.6 Å². The average Bonchev–Trinajstić information content (AvgIpc) is 3.40. The second-order valence-corrected chi connectivity index (χ2v) is 8.14. The molecule has 31 heavy (non-hydrogen) atoms. The molecular formula is C25H29N3O3. The van der Waals surface area contributed by atoms with Crippen LogP contribution in [-0.4, -0.2) is 45.8 Å². The Hall–Kier alpha value is -2.93. The maximum atomic E-state index is 11.4. The Balaban J connectivity index is 1.51. The molecule has 2 aromatic carbocycles. The van der Waals surface area contributed by atoms with Crippen LogP contribution in [0.15, 0.2) is 54.7 Å². The molecule has 0 fully saturated rings. The van der Waals surface area contributed by atoms with Gasteiger partial charge in [-0.2, -0.15) is 0 Å². The summed E-state index contributed by atoms with van der Waals surface area (Å²) in [6, 6.07) is 15.0. The molecule has 0 bridgehead atoms. The standard InChI is InChI=1S/C25H29N3O3/c1-17(14-25(30)27-31)18-6-8-22-19(15-18)7-9-24(22)28(12-13-29)11-10-20-16-26-23-5-3-2-4-21(20)23/h2-6,8,14-16,24,26,29,31H,7,9-13H2,1H3,(H,27,30)/t24-/m0/s1. The van der Waals surface area contributed by atoms with E-state index in [1.807, 2.05) is 19.1 Å². The van der Waals surface area contributed by atoms with Gasteiger partial charge in [0, 0.05) is 42.3 Å². The molecule has 1 heterocycles. The molecule has 0 saturated heterocycles. The number of fused-ring (bicyclic) bond motifs is 2. The Morgan fingerprint density at radius 1 is 1.26 bits per heavy atom. The fraction of sp³-hybridized carbons (Fsp3) is 0.320. The van der Waals surface area contributed by atoms with Crippen LogP contribution in [0.5, 0.6) is 0 Å². The molecule has 3 aromatic rings. The molecule has 162 valence electrons. The minimum Gasteiger partial charge on any atom is -0.395 e. The first-order valence-corrected chi connectivity index (χ1v) is 10.8. The summed E-state index contributed by atoms with van der Waals surface area (Å²) in [7, 11) is 0. The molecular weight excluding hydrogens is 390 g/mol. The van der Waals surface area contributed by atoms with Gasteiger partial charge in [-0.05, 0) is 60.1 Å². The van der Waals surface area contributed by atoms with Gasteiger partial charge >= 0.3 is 0 Å². The molecule has 0 saturated carbocycles. The van der Waals surface area contributed by atoms with Crippen LogP contribution in [0.3, 0.4) is 0 Å². The van der Waals surface area contributed by atoms with Crippen LogP contribution < -0.4 is 5.48 Å². The SMILES string of the molecule is CC(=CC(=O)NO)c1ccc2c(c1)CC[C@@H]2N(CCO)CCc1c[nH]c2ccccc12. The molecule has 0 radical (unpaired) electrons. The number of aliphatic hydroxyl groups excluding tert-OH is 1. The molecule has 1 aliphatic rings. The third kappa shape index (κ3) is 4.56. The number of rotatable bonds is 8. The topological polar surface area (TPSA) is 88.6 Å². The van der Waals surface area contributed by atoms with Crippen molar-refractivity contribution in [2.24, 2.45) is 0 Å². The van der Waals surface area contributed by atoms with E-state index in [2.05, 4.69) is 46.4 Å². The van der Waals surface area contributed by atoms with Gasteiger partial charge in [-0.15, -0.1) is 0 Å². The minimum absolute atomic E-state index is 0.135. The number of amides is 1. The number of nitrogens with zero attached hydrogens (tertiary/aromatic N) is 1. The van der Waals surface area contributed by atoms with Crippen LogP contribution in [0.4, 0.5) is 0 Å². The number of aliphatic hydroxyl groups is 1. The van der Waals surface area contributed by atoms with E-state index >= 15 is 0 Å². The van der Waals surface area contributed by atoms with Crippen molar-refractivity contribution in [3.8, 4) is 0 Å². The quantitative estimate of drug-likeness (QED) is 0.255. The third-order valence-corrected chi connectivity index (χ3v) is 6.27. The molecule has 0 aliphatic heterocycles. The van der Waals surface area contributed by atoms with Crippen molar-refractivity contribution in [1.29, 1.82) is 0 Å². The van der Waals surface area contributed by atoms with E-state index in [0.717, 1.165) is 42.5 Å². The lowest BCUT2D eigenvalue weighted by Gasteiger charge is -2.29. The third-order valence-electron chi connectivity index (χ3n) is 6.27. The van der Waals surface area contributed by atoms with Crippen LogP contribution in [0, 0.1) is 0 Å². The second-order valence-electron chi connectivity index (χ2n) is 8.14. The van der Waals surface area contributed by atoms with Gasteiger partial charge in [-0.25, -0.2) is 5.48 Å². The highest BCUT2D eigenvalue weighted by molar-refractivity contribution is 5.94. The summed E-state index contributed by atoms with van der Waals surface area (Å²) < 4.78 is 0. The smallest absolute Gasteiger partial charge is 0.267 e. The lowest BCUT2D eigenvalue weighted by atomic mass is 9.99. The monoisotopic (exact) mass is 419 g/mol. The summed E-state index contributed by atoms with van der Waals surface area (Å²) in [5, 5.41) is 19.7. The molecule has 4 rings (SSSR count). The normalized spacial score (nSPS) is 16.1. The van der Waals surface area contributed by atoms with E-state index in [0.29, 0.717) is 6.54 Å². The average molecular weight is 420 g/mol. The number of H-pyrrole nitrogens is 1. The molecule has 0 unspecified atom stereocenters. The molecule has 6 heteroatoms. The van der Waals surface area contributed by atoms with Crippen molar-refractivity contribution in [3.63, 3.8) is 0 Å². The van der Waals surface area contributed by atoms with Gasteiger partial charge in [-0.3, -0.25) is 14.9 Å². The van der Waals surface area contributed by atoms with Crippen LogP contribution >= 0.6 is 0 Å². The number of nitrogens with one attached hydrogen (secondary N) is 2. The largest absolute Gasteiger partial charge is 0.395 e. The fourth-order valence-electron chi connectivity index (χ4n) is 4.69. The number of hydrogen-bond acceptors (Lipinski definition) is 4. The predicted octanol–water partition coefficient (Wildman–Crippen LogP) is 3.60. The summed E-state index contributed by atoms with van der Waals surface area (Å²) in [5.41, 5.74) is 8.48. The Kier molecular flexibility index (Phi) is 6.51. The van der Waals surface area contributed by atoms with E-state index in [-0.39, 0.29) is 12.6 Å². The maximum absolute atomic E-state index is 11.4. The van der Waals surface area contributed by atoms with Gasteiger partial charge in [0.1, 0.15) is 0 Å². The van der Waals surface area contributed by atoms with E-state index in [4.69, 9.17) is 5.21 Å². The van der Waals surface area contributed by atoms with Gasteiger partial charge in [0.25, 0.3) is 5.91 Å². The summed E-state index contributed by atoms with van der Waals surface area (Å²) in [5.74, 6) is -0.526. The van der Waals surface area contributed by atoms with Crippen molar-refractivity contribution in [1.82, 2.24) is 15.4 Å². The van der Waals surface area contributed by atoms with Crippen LogP contribution in [-0.2, 0) is 17.6 Å². The summed E-state index contributed by atoms with van der Waals surface area (Å²) in [6.07, 6.45) is 6.41. The van der Waals surface area contributed by atoms with Gasteiger partial charge in [-0.1, -0.05) is 36.4 Å². The Bertz CT molecular complexity index is 1100. The zero-order valence-electron chi connectivity index (χ0n) is 17.8. The number of benzene rings is 2. The molecule has 6 nitrogen and oxygen atoms in total. The van der Waals surface area contributed by atoms with E-state index in [9.17, 15) is 9.90 Å². The Morgan fingerprint density at radius 2 is 2.10 bits per heavy atom. The highest BCUT2D eigenvalue weighted by Gasteiger charge is 2.28. The molecule has 1 amide bonds. The number of hydroxylamine groups is 1. The zero-order valence-corrected chi connectivity index (χ0v) is 17.8. The minimum atomic E-state index is -0.526. The lowest BCUT2D eigenvalue weighted by molar-refractivity contribution is -0.124. The summed E-state index contributed by atoms with van der Waals surface area (Å²) >= 11 is 0. The first-order valence-electron chi connectivity index (χ1n) is 10.8. The first-order chi connectivity index (χ1) is 15.1. The second kappa shape index (κ2) is 9.47. The van der Waals surface area contributed by atoms with Gasteiger partial charge in [0.15, 0.2) is 0 Å². The first kappa shape index (κ1) is 21.3. The van der Waals surface area contributed by atoms with Crippen molar-refractivity contribution in [2.45, 2.75) is 32.2 Å². The number of para-hydroxylation sites is 1. The molecule has 1 aromatic heterocycles. The van der Waals surface area contributed by atoms with Gasteiger partial charge in [0.05, 0.1) is 6.61 Å². The van der Waals surface area contributed by atoms with Gasteiger partial charge < -0.3 is 10.1 Å². The summed E-state index contributed by atoms with van der Waals surface area (Å²) in [4.78, 5) is 17.2. The number of carbonyl (C=O) groups is 1. The van der Waals surface area contributed by atoms with E-state index in [1.54, 1.807) is 5.48 Å². The summed E-state index contributed by atoms with van der Waals surface area (Å²) in [6.45, 7) is 3.52. The van der Waals surface area contributed by atoms with Crippen molar-refractivity contribution in [2.75, 3.05) is 19.7 Å². The number of allylic oxidation sites excluding steroid dienone is 1.